The Labute approximate surface area is 113 Å². The van der Waals surface area contributed by atoms with Gasteiger partial charge in [0.1, 0.15) is 6.20 Å². The van der Waals surface area contributed by atoms with Gasteiger partial charge in [-0.3, -0.25) is 0 Å². The molecule has 4 nitrogen and oxygen atoms in total. The summed E-state index contributed by atoms with van der Waals surface area (Å²) < 4.78 is 22.2. The highest BCUT2D eigenvalue weighted by Gasteiger charge is 2.20. The maximum absolute atomic E-state index is 11.6. The average Bonchev–Trinajstić information content (AvgIpc) is 2.35. The molecule has 1 aromatic carbocycles. The molecule has 0 fully saturated rings. The highest BCUT2D eigenvalue weighted by molar-refractivity contribution is 7.72. The van der Waals surface area contributed by atoms with E-state index in [2.05, 4.69) is 0 Å². The molecule has 0 aromatic heterocycles. The molecule has 100 valence electrons. The molecule has 1 N–H and O–H groups in total. The summed E-state index contributed by atoms with van der Waals surface area (Å²) in [4.78, 5) is -0.119. The van der Waals surface area contributed by atoms with Gasteiger partial charge >= 0.3 is 0 Å². The van der Waals surface area contributed by atoms with Gasteiger partial charge in [0.05, 0.1) is 0 Å². The van der Waals surface area contributed by atoms with Gasteiger partial charge in [-0.2, -0.15) is 8.42 Å². The van der Waals surface area contributed by atoms with Crippen molar-refractivity contribution in [3.63, 3.8) is 0 Å². The molecule has 1 atom stereocenters. The molecule has 1 heterocycles. The van der Waals surface area contributed by atoms with E-state index in [1.165, 1.54) is 6.20 Å². The van der Waals surface area contributed by atoms with Crippen LogP contribution in [0.5, 0.6) is 0 Å². The topological polar surface area (TPSA) is 61.6 Å². The van der Waals surface area contributed by atoms with Crippen molar-refractivity contribution in [3.05, 3.63) is 64.0 Å². The van der Waals surface area contributed by atoms with Crippen molar-refractivity contribution >= 4 is 15.3 Å². The predicted octanol–water partition coefficient (Wildman–Crippen LogP) is 0.773. The SMILES string of the molecule is CC1=C(Cc2ccccc2C)C=C[NH+]([O-])C1=S(=O)=O. The Balaban J connectivity index is 2.44. The van der Waals surface area contributed by atoms with Gasteiger partial charge in [-0.15, -0.1) is 0 Å². The van der Waals surface area contributed by atoms with E-state index in [9.17, 15) is 13.6 Å². The third-order valence-corrected chi connectivity index (χ3v) is 4.13. The van der Waals surface area contributed by atoms with E-state index in [4.69, 9.17) is 0 Å². The Morgan fingerprint density at radius 1 is 1.21 bits per heavy atom. The maximum atomic E-state index is 11.6. The van der Waals surface area contributed by atoms with Crippen molar-refractivity contribution in [2.45, 2.75) is 20.3 Å². The Kier molecular flexibility index (Phi) is 3.99. The van der Waals surface area contributed by atoms with Crippen LogP contribution in [0.15, 0.2) is 47.7 Å². The van der Waals surface area contributed by atoms with Crippen molar-refractivity contribution in [1.29, 1.82) is 0 Å². The molecule has 1 unspecified atom stereocenters. The smallest absolute Gasteiger partial charge is 0.277 e. The number of allylic oxidation sites excluding steroid dienone is 2. The van der Waals surface area contributed by atoms with Crippen LogP contribution >= 0.6 is 0 Å². The molecule has 0 bridgehead atoms. The van der Waals surface area contributed by atoms with Gasteiger partial charge in [-0.25, -0.2) is 0 Å². The van der Waals surface area contributed by atoms with Crippen LogP contribution in [0.4, 0.5) is 0 Å². The third-order valence-electron chi connectivity index (χ3n) is 3.29. The Bertz CT molecular complexity index is 691. The second-order valence-electron chi connectivity index (χ2n) is 4.51. The van der Waals surface area contributed by atoms with Crippen LogP contribution < -0.4 is 5.06 Å². The third kappa shape index (κ3) is 2.84. The molecule has 2 rings (SSSR count). The molecule has 5 heteroatoms. The van der Waals surface area contributed by atoms with Crippen LogP contribution in [-0.4, -0.2) is 13.4 Å². The van der Waals surface area contributed by atoms with Crippen LogP contribution in [0.2, 0.25) is 0 Å². The average molecular weight is 277 g/mol. The summed E-state index contributed by atoms with van der Waals surface area (Å²) >= 11 is 0. The van der Waals surface area contributed by atoms with E-state index < -0.39 is 15.4 Å². The Morgan fingerprint density at radius 2 is 1.89 bits per heavy atom. The first kappa shape index (κ1) is 13.7. The number of aryl methyl sites for hydroxylation is 1. The van der Waals surface area contributed by atoms with Gasteiger partial charge in [0.15, 0.2) is 0 Å². The number of rotatable bonds is 2. The summed E-state index contributed by atoms with van der Waals surface area (Å²) in [7, 11) is -2.49. The summed E-state index contributed by atoms with van der Waals surface area (Å²) in [5.41, 5.74) is 3.70. The lowest BCUT2D eigenvalue weighted by Gasteiger charge is -2.22. The number of benzene rings is 1. The molecular weight excluding hydrogens is 262 g/mol. The molecule has 0 amide bonds. The minimum atomic E-state index is -2.49. The zero-order valence-corrected chi connectivity index (χ0v) is 11.6. The number of hydroxylamine groups is 2. The van der Waals surface area contributed by atoms with Gasteiger partial charge in [-0.05, 0) is 43.0 Å². The molecule has 0 spiro atoms. The second-order valence-corrected chi connectivity index (χ2v) is 5.39. The molecule has 19 heavy (non-hydrogen) atoms. The molecule has 1 aliphatic heterocycles. The molecular formula is C14H15NO3S. The summed E-state index contributed by atoms with van der Waals surface area (Å²) in [5.74, 6) is 0. The summed E-state index contributed by atoms with van der Waals surface area (Å²) in [6, 6.07) is 7.93. The lowest BCUT2D eigenvalue weighted by Crippen LogP contribution is -3.06. The lowest BCUT2D eigenvalue weighted by molar-refractivity contribution is -0.680. The molecule has 1 aliphatic rings. The number of nitrogens with one attached hydrogen (secondary N) is 1. The van der Waals surface area contributed by atoms with E-state index in [0.717, 1.165) is 16.7 Å². The first-order valence-electron chi connectivity index (χ1n) is 5.94. The first-order valence-corrected chi connectivity index (χ1v) is 7.01. The largest absolute Gasteiger partial charge is 0.623 e. The van der Waals surface area contributed by atoms with Crippen molar-refractivity contribution < 1.29 is 13.5 Å². The second kappa shape index (κ2) is 5.52. The highest BCUT2D eigenvalue weighted by atomic mass is 32.2. The van der Waals surface area contributed by atoms with E-state index in [0.29, 0.717) is 12.0 Å². The summed E-state index contributed by atoms with van der Waals surface area (Å²) in [5, 5.41) is 11.1. The van der Waals surface area contributed by atoms with Crippen molar-refractivity contribution in [3.8, 4) is 0 Å². The normalized spacial score (nSPS) is 18.9. The van der Waals surface area contributed by atoms with Gasteiger partial charge in [-0.1, -0.05) is 24.3 Å². The minimum absolute atomic E-state index is 0.119. The van der Waals surface area contributed by atoms with Crippen molar-refractivity contribution in [2.24, 2.45) is 0 Å². The van der Waals surface area contributed by atoms with Gasteiger partial charge in [0.2, 0.25) is 0 Å². The van der Waals surface area contributed by atoms with E-state index >= 15 is 0 Å². The van der Waals surface area contributed by atoms with Crippen LogP contribution in [0.3, 0.4) is 0 Å². The zero-order valence-electron chi connectivity index (χ0n) is 10.8. The predicted molar refractivity (Wildman–Crippen MR) is 75.0 cm³/mol. The lowest BCUT2D eigenvalue weighted by atomic mass is 9.96. The molecule has 0 saturated carbocycles. The fourth-order valence-corrected chi connectivity index (χ4v) is 2.73. The van der Waals surface area contributed by atoms with E-state index in [-0.39, 0.29) is 4.99 Å². The number of hydrogen-bond donors (Lipinski definition) is 1. The fraction of sp³-hybridized carbons (Fsp3) is 0.214. The molecule has 0 aliphatic carbocycles. The van der Waals surface area contributed by atoms with Crippen LogP contribution in [0.25, 0.3) is 0 Å². The molecule has 1 aromatic rings. The van der Waals surface area contributed by atoms with E-state index in [1.807, 2.05) is 31.2 Å². The minimum Gasteiger partial charge on any atom is -0.623 e. The van der Waals surface area contributed by atoms with Gasteiger partial charge in [0, 0.05) is 5.57 Å². The quantitative estimate of drug-likeness (QED) is 0.641. The van der Waals surface area contributed by atoms with Crippen LogP contribution in [0, 0.1) is 12.1 Å². The summed E-state index contributed by atoms with van der Waals surface area (Å²) in [6.07, 6.45) is 3.66. The number of quaternary nitrogens is 1. The van der Waals surface area contributed by atoms with Crippen molar-refractivity contribution in [1.82, 2.24) is 0 Å². The monoisotopic (exact) mass is 277 g/mol. The molecule has 0 radical (unpaired) electrons. The van der Waals surface area contributed by atoms with E-state index in [1.54, 1.807) is 13.0 Å². The highest BCUT2D eigenvalue weighted by Crippen LogP contribution is 2.17. The fourth-order valence-electron chi connectivity index (χ4n) is 2.12. The number of hydrogen-bond acceptors (Lipinski definition) is 3. The van der Waals surface area contributed by atoms with Crippen LogP contribution in [0.1, 0.15) is 18.1 Å². The Morgan fingerprint density at radius 3 is 2.53 bits per heavy atom. The first-order chi connectivity index (χ1) is 9.00. The van der Waals surface area contributed by atoms with Crippen molar-refractivity contribution in [2.75, 3.05) is 0 Å². The maximum Gasteiger partial charge on any atom is 0.277 e. The summed E-state index contributed by atoms with van der Waals surface area (Å²) in [6.45, 7) is 3.69. The Hall–Kier alpha value is -1.69. The standard InChI is InChI=1S/C14H15NO3S/c1-10-5-3-4-6-12(10)9-13-7-8-15(16)14(11(13)2)19(17)18/h3-8,15H,9H2,1-2H3. The van der Waals surface area contributed by atoms with Crippen LogP contribution in [-0.2, 0) is 16.7 Å². The zero-order chi connectivity index (χ0) is 14.0. The van der Waals surface area contributed by atoms with Gasteiger partial charge < -0.3 is 10.3 Å². The molecule has 0 saturated heterocycles. The van der Waals surface area contributed by atoms with Gasteiger partial charge in [0.25, 0.3) is 15.3 Å².